The number of hydrogen-bond donors (Lipinski definition) is 1. The molecule has 1 unspecified atom stereocenters. The summed E-state index contributed by atoms with van der Waals surface area (Å²) in [7, 11) is 0. The molecule has 4 aliphatic carbocycles. The average Bonchev–Trinajstić information content (AvgIpc) is 3.39. The maximum atomic E-state index is 11.3. The summed E-state index contributed by atoms with van der Waals surface area (Å²) in [4.78, 5) is 0. The van der Waals surface area contributed by atoms with E-state index in [9.17, 15) is 5.11 Å². The Morgan fingerprint density at radius 1 is 0.750 bits per heavy atom. The minimum atomic E-state index is -0.413. The van der Waals surface area contributed by atoms with Crippen molar-refractivity contribution in [3.8, 4) is 0 Å². The van der Waals surface area contributed by atoms with Gasteiger partial charge in [-0.2, -0.15) is 0 Å². The van der Waals surface area contributed by atoms with Gasteiger partial charge in [0.25, 0.3) is 0 Å². The van der Waals surface area contributed by atoms with Crippen molar-refractivity contribution >= 4 is 0 Å². The van der Waals surface area contributed by atoms with Crippen LogP contribution in [0.4, 0.5) is 0 Å². The van der Waals surface area contributed by atoms with E-state index in [1.165, 1.54) is 19.3 Å². The molecule has 6 fully saturated rings. The smallest absolute Gasteiger partial charge is 0.174 e. The third-order valence-electron chi connectivity index (χ3n) is 10.3. The predicted octanol–water partition coefficient (Wildman–Crippen LogP) is 3.49. The van der Waals surface area contributed by atoms with Gasteiger partial charge in [-0.3, -0.25) is 0 Å². The van der Waals surface area contributed by atoms with E-state index in [1.807, 2.05) is 0 Å². The van der Waals surface area contributed by atoms with Crippen LogP contribution in [0.15, 0.2) is 0 Å². The zero-order valence-electron chi connectivity index (χ0n) is 17.5. The van der Waals surface area contributed by atoms with Gasteiger partial charge in [0.1, 0.15) is 0 Å². The van der Waals surface area contributed by atoms with Gasteiger partial charge >= 0.3 is 0 Å². The fourth-order valence-electron chi connectivity index (χ4n) is 8.87. The van der Waals surface area contributed by atoms with Crippen molar-refractivity contribution < 1.29 is 24.1 Å². The third kappa shape index (κ3) is 2.21. The quantitative estimate of drug-likeness (QED) is 0.684. The minimum absolute atomic E-state index is 0.0984. The van der Waals surface area contributed by atoms with Crippen molar-refractivity contribution in [3.63, 3.8) is 0 Å². The van der Waals surface area contributed by atoms with Crippen LogP contribution in [-0.2, 0) is 18.9 Å². The first kappa shape index (κ1) is 18.6. The molecule has 4 saturated carbocycles. The van der Waals surface area contributed by atoms with E-state index in [-0.39, 0.29) is 22.7 Å². The molecule has 7 atom stereocenters. The number of rotatable bonds is 0. The molecule has 0 amide bonds. The zero-order valence-corrected chi connectivity index (χ0v) is 17.5. The molecule has 158 valence electrons. The van der Waals surface area contributed by atoms with Crippen LogP contribution >= 0.6 is 0 Å². The van der Waals surface area contributed by atoms with E-state index in [0.717, 1.165) is 45.3 Å². The summed E-state index contributed by atoms with van der Waals surface area (Å²) < 4.78 is 24.6. The van der Waals surface area contributed by atoms with E-state index in [1.54, 1.807) is 0 Å². The summed E-state index contributed by atoms with van der Waals surface area (Å²) in [6.45, 7) is 7.77. The Morgan fingerprint density at radius 2 is 1.43 bits per heavy atom. The van der Waals surface area contributed by atoms with Crippen molar-refractivity contribution in [1.82, 2.24) is 0 Å². The maximum Gasteiger partial charge on any atom is 0.174 e. The van der Waals surface area contributed by atoms with Gasteiger partial charge in [-0.1, -0.05) is 13.8 Å². The Bertz CT molecular complexity index is 639. The Kier molecular flexibility index (Phi) is 3.94. The van der Waals surface area contributed by atoms with Crippen molar-refractivity contribution in [2.75, 3.05) is 26.4 Å². The molecule has 0 bridgehead atoms. The lowest BCUT2D eigenvalue weighted by molar-refractivity contribution is -0.269. The molecule has 28 heavy (non-hydrogen) atoms. The van der Waals surface area contributed by atoms with Gasteiger partial charge in [0, 0.05) is 24.7 Å². The lowest BCUT2D eigenvalue weighted by Gasteiger charge is -2.63. The van der Waals surface area contributed by atoms with Gasteiger partial charge in [0.15, 0.2) is 11.6 Å². The predicted molar refractivity (Wildman–Crippen MR) is 102 cm³/mol. The van der Waals surface area contributed by atoms with Crippen LogP contribution in [0.1, 0.15) is 65.2 Å². The second-order valence-electron chi connectivity index (χ2n) is 11.0. The molecule has 5 heteroatoms. The second-order valence-corrected chi connectivity index (χ2v) is 11.0. The summed E-state index contributed by atoms with van der Waals surface area (Å²) in [6, 6.07) is 0. The van der Waals surface area contributed by atoms with Crippen LogP contribution in [0.2, 0.25) is 0 Å². The SMILES string of the molecule is C[C@]12CCC3(CC1[C@H](O)C[C@@H]1[C@@H]2CC[C@@]2(C)[C@H]1CCC21OCCO1)OCCO3. The van der Waals surface area contributed by atoms with Crippen LogP contribution in [-0.4, -0.2) is 49.2 Å². The van der Waals surface area contributed by atoms with E-state index < -0.39 is 5.79 Å². The maximum absolute atomic E-state index is 11.3. The lowest BCUT2D eigenvalue weighted by atomic mass is 9.44. The standard InChI is InChI=1S/C23H36O5/c1-20-7-8-22(25-9-10-26-22)14-18(20)19(24)13-15-16(20)3-5-21(2)17(15)4-6-23(21)27-11-12-28-23/h15-19,24H,3-14H2,1-2H3/t15-,16+,17+,18?,19-,20-,21+/m1/s1. The highest BCUT2D eigenvalue weighted by molar-refractivity contribution is 5.14. The summed E-state index contributed by atoms with van der Waals surface area (Å²) in [5.41, 5.74) is 0.290. The molecule has 0 aromatic rings. The summed E-state index contributed by atoms with van der Waals surface area (Å²) in [5, 5.41) is 11.3. The first-order chi connectivity index (χ1) is 13.4. The summed E-state index contributed by atoms with van der Waals surface area (Å²) in [5.74, 6) is 1.40. The molecule has 0 aromatic carbocycles. The van der Waals surface area contributed by atoms with Crippen molar-refractivity contribution in [2.24, 2.45) is 34.5 Å². The van der Waals surface area contributed by atoms with Gasteiger partial charge in [-0.05, 0) is 61.2 Å². The lowest BCUT2D eigenvalue weighted by Crippen LogP contribution is -2.61. The first-order valence-corrected chi connectivity index (χ1v) is 11.7. The Labute approximate surface area is 168 Å². The van der Waals surface area contributed by atoms with Crippen LogP contribution in [0.3, 0.4) is 0 Å². The summed E-state index contributed by atoms with van der Waals surface area (Å²) >= 11 is 0. The van der Waals surface area contributed by atoms with Crippen LogP contribution in [0.5, 0.6) is 0 Å². The topological polar surface area (TPSA) is 57.2 Å². The highest BCUT2D eigenvalue weighted by Crippen LogP contribution is 2.70. The van der Waals surface area contributed by atoms with Gasteiger partial charge in [-0.15, -0.1) is 0 Å². The fraction of sp³-hybridized carbons (Fsp3) is 1.00. The molecule has 5 nitrogen and oxygen atoms in total. The highest BCUT2D eigenvalue weighted by Gasteiger charge is 2.69. The van der Waals surface area contributed by atoms with Gasteiger partial charge in [0.05, 0.1) is 32.5 Å². The normalized spacial score (nSPS) is 53.9. The molecule has 1 N–H and O–H groups in total. The molecule has 2 heterocycles. The van der Waals surface area contributed by atoms with Gasteiger partial charge < -0.3 is 24.1 Å². The number of fused-ring (bicyclic) bond motifs is 6. The van der Waals surface area contributed by atoms with E-state index >= 15 is 0 Å². The van der Waals surface area contributed by atoms with Gasteiger partial charge in [0.2, 0.25) is 0 Å². The molecule has 2 saturated heterocycles. The van der Waals surface area contributed by atoms with Gasteiger partial charge in [-0.25, -0.2) is 0 Å². The number of ether oxygens (including phenoxy) is 4. The number of aliphatic hydroxyl groups is 1. The largest absolute Gasteiger partial charge is 0.393 e. The Morgan fingerprint density at radius 3 is 2.18 bits per heavy atom. The van der Waals surface area contributed by atoms with E-state index in [0.29, 0.717) is 36.9 Å². The molecule has 6 aliphatic rings. The molecule has 2 aliphatic heterocycles. The fourth-order valence-corrected chi connectivity index (χ4v) is 8.87. The zero-order chi connectivity index (χ0) is 19.2. The second kappa shape index (κ2) is 5.94. The molecule has 6 rings (SSSR count). The Hall–Kier alpha value is -0.200. The monoisotopic (exact) mass is 392 g/mol. The Balaban J connectivity index is 1.31. The van der Waals surface area contributed by atoms with Crippen molar-refractivity contribution in [3.05, 3.63) is 0 Å². The molecular weight excluding hydrogens is 356 g/mol. The molecule has 0 radical (unpaired) electrons. The van der Waals surface area contributed by atoms with E-state index in [4.69, 9.17) is 18.9 Å². The number of aliphatic hydroxyl groups excluding tert-OH is 1. The third-order valence-corrected chi connectivity index (χ3v) is 10.3. The van der Waals surface area contributed by atoms with Crippen LogP contribution in [0, 0.1) is 34.5 Å². The van der Waals surface area contributed by atoms with Crippen molar-refractivity contribution in [2.45, 2.75) is 82.9 Å². The average molecular weight is 393 g/mol. The first-order valence-electron chi connectivity index (χ1n) is 11.7. The molecular formula is C23H36O5. The number of hydrogen-bond acceptors (Lipinski definition) is 5. The summed E-state index contributed by atoms with van der Waals surface area (Å²) in [6.07, 6.45) is 8.27. The molecule has 0 aromatic heterocycles. The van der Waals surface area contributed by atoms with Crippen molar-refractivity contribution in [1.29, 1.82) is 0 Å². The minimum Gasteiger partial charge on any atom is -0.393 e. The van der Waals surface area contributed by atoms with Crippen LogP contribution in [0.25, 0.3) is 0 Å². The molecule has 2 spiro atoms. The highest BCUT2D eigenvalue weighted by atomic mass is 16.7. The van der Waals surface area contributed by atoms with E-state index in [2.05, 4.69) is 13.8 Å². The van der Waals surface area contributed by atoms with Crippen LogP contribution < -0.4 is 0 Å².